The maximum atomic E-state index is 11.9. The number of amides is 1. The van der Waals surface area contributed by atoms with E-state index in [0.717, 1.165) is 17.0 Å². The van der Waals surface area contributed by atoms with Crippen molar-refractivity contribution < 1.29 is 4.79 Å². The van der Waals surface area contributed by atoms with Crippen LogP contribution in [0.4, 0.5) is 0 Å². The first-order valence-corrected chi connectivity index (χ1v) is 6.33. The standard InChI is InChI=1S/C13H18N6O/c1-8-11(10(3)19(4)18-8)5-6-12(20)16-9(2)13-14-7-15-17-13/h5-7,9H,1-4H3,(H,16,20)(H,14,15,17)/b6-5+. The molecule has 0 aliphatic heterocycles. The number of hydrogen-bond acceptors (Lipinski definition) is 4. The lowest BCUT2D eigenvalue weighted by Crippen LogP contribution is -2.25. The van der Waals surface area contributed by atoms with Gasteiger partial charge in [0.15, 0.2) is 0 Å². The Hall–Kier alpha value is -2.44. The van der Waals surface area contributed by atoms with Crippen molar-refractivity contribution in [3.05, 3.63) is 35.2 Å². The van der Waals surface area contributed by atoms with Crippen LogP contribution in [0.3, 0.4) is 0 Å². The Balaban J connectivity index is 2.02. The van der Waals surface area contributed by atoms with E-state index in [4.69, 9.17) is 0 Å². The number of nitrogens with one attached hydrogen (secondary N) is 2. The molecular formula is C13H18N6O. The summed E-state index contributed by atoms with van der Waals surface area (Å²) in [5, 5.41) is 13.6. The molecule has 7 heteroatoms. The van der Waals surface area contributed by atoms with Gasteiger partial charge in [-0.3, -0.25) is 14.6 Å². The number of rotatable bonds is 4. The van der Waals surface area contributed by atoms with Crippen molar-refractivity contribution in [1.29, 1.82) is 0 Å². The monoisotopic (exact) mass is 274 g/mol. The van der Waals surface area contributed by atoms with E-state index in [0.29, 0.717) is 5.82 Å². The second-order valence-electron chi connectivity index (χ2n) is 4.64. The molecule has 20 heavy (non-hydrogen) atoms. The first kappa shape index (κ1) is 14.0. The van der Waals surface area contributed by atoms with Crippen molar-refractivity contribution in [2.24, 2.45) is 7.05 Å². The smallest absolute Gasteiger partial charge is 0.244 e. The summed E-state index contributed by atoms with van der Waals surface area (Å²) in [6, 6.07) is -0.217. The van der Waals surface area contributed by atoms with Crippen molar-refractivity contribution in [2.75, 3.05) is 0 Å². The molecule has 2 N–H and O–H groups in total. The zero-order chi connectivity index (χ0) is 14.7. The molecule has 0 aliphatic carbocycles. The molecule has 2 aromatic rings. The molecule has 0 spiro atoms. The van der Waals surface area contributed by atoms with Gasteiger partial charge in [-0.15, -0.1) is 0 Å². The van der Waals surface area contributed by atoms with Crippen molar-refractivity contribution in [2.45, 2.75) is 26.8 Å². The van der Waals surface area contributed by atoms with Crippen LogP contribution in [0.2, 0.25) is 0 Å². The van der Waals surface area contributed by atoms with E-state index in [9.17, 15) is 4.79 Å². The minimum Gasteiger partial charge on any atom is -0.343 e. The lowest BCUT2D eigenvalue weighted by Gasteiger charge is -2.08. The minimum absolute atomic E-state index is 0.184. The molecule has 1 atom stereocenters. The van der Waals surface area contributed by atoms with Crippen LogP contribution in [0.5, 0.6) is 0 Å². The summed E-state index contributed by atoms with van der Waals surface area (Å²) in [5.74, 6) is 0.442. The van der Waals surface area contributed by atoms with Crippen LogP contribution in [-0.2, 0) is 11.8 Å². The molecule has 0 radical (unpaired) electrons. The number of carbonyl (C=O) groups excluding carboxylic acids is 1. The normalized spacial score (nSPS) is 12.8. The maximum absolute atomic E-state index is 11.9. The van der Waals surface area contributed by atoms with Gasteiger partial charge in [0.1, 0.15) is 12.2 Å². The van der Waals surface area contributed by atoms with E-state index in [-0.39, 0.29) is 11.9 Å². The predicted octanol–water partition coefficient (Wildman–Crippen LogP) is 1.05. The van der Waals surface area contributed by atoms with E-state index in [2.05, 4.69) is 25.6 Å². The highest BCUT2D eigenvalue weighted by molar-refractivity contribution is 5.92. The third-order valence-electron chi connectivity index (χ3n) is 3.17. The van der Waals surface area contributed by atoms with Gasteiger partial charge in [0.25, 0.3) is 0 Å². The highest BCUT2D eigenvalue weighted by atomic mass is 16.1. The molecule has 1 unspecified atom stereocenters. The van der Waals surface area contributed by atoms with Gasteiger partial charge in [-0.05, 0) is 26.8 Å². The van der Waals surface area contributed by atoms with Crippen LogP contribution < -0.4 is 5.32 Å². The van der Waals surface area contributed by atoms with Crippen molar-refractivity contribution in [3.63, 3.8) is 0 Å². The summed E-state index contributed by atoms with van der Waals surface area (Å²) in [5.41, 5.74) is 2.89. The number of aromatic nitrogens is 5. The van der Waals surface area contributed by atoms with Gasteiger partial charge in [0.05, 0.1) is 11.7 Å². The fourth-order valence-electron chi connectivity index (χ4n) is 1.94. The fourth-order valence-corrected chi connectivity index (χ4v) is 1.94. The SMILES string of the molecule is Cc1nn(C)c(C)c1/C=C/C(=O)NC(C)c1ncn[nH]1. The van der Waals surface area contributed by atoms with Crippen LogP contribution in [0.15, 0.2) is 12.4 Å². The molecule has 0 fully saturated rings. The van der Waals surface area contributed by atoms with Crippen molar-refractivity contribution in [1.82, 2.24) is 30.3 Å². The number of nitrogens with zero attached hydrogens (tertiary/aromatic N) is 4. The van der Waals surface area contributed by atoms with Gasteiger partial charge in [0.2, 0.25) is 5.91 Å². The first-order valence-electron chi connectivity index (χ1n) is 6.33. The molecule has 0 aliphatic rings. The summed E-state index contributed by atoms with van der Waals surface area (Å²) in [7, 11) is 1.88. The number of carbonyl (C=O) groups is 1. The van der Waals surface area contributed by atoms with Crippen LogP contribution >= 0.6 is 0 Å². The molecule has 106 valence electrons. The van der Waals surface area contributed by atoms with E-state index in [1.54, 1.807) is 10.8 Å². The average molecular weight is 274 g/mol. The van der Waals surface area contributed by atoms with Crippen LogP contribution in [0.1, 0.15) is 35.7 Å². The maximum Gasteiger partial charge on any atom is 0.244 e. The van der Waals surface area contributed by atoms with Gasteiger partial charge in [0, 0.05) is 24.4 Å². The number of hydrogen-bond donors (Lipinski definition) is 2. The van der Waals surface area contributed by atoms with Crippen LogP contribution in [0, 0.1) is 13.8 Å². The summed E-state index contributed by atoms with van der Waals surface area (Å²) in [4.78, 5) is 15.9. The zero-order valence-corrected chi connectivity index (χ0v) is 12.0. The summed E-state index contributed by atoms with van der Waals surface area (Å²) < 4.78 is 1.80. The highest BCUT2D eigenvalue weighted by Crippen LogP contribution is 2.13. The number of aryl methyl sites for hydroxylation is 2. The first-order chi connectivity index (χ1) is 9.49. The molecular weight excluding hydrogens is 256 g/mol. The highest BCUT2D eigenvalue weighted by Gasteiger charge is 2.11. The van der Waals surface area contributed by atoms with Crippen LogP contribution in [-0.4, -0.2) is 30.9 Å². The van der Waals surface area contributed by atoms with E-state index in [1.165, 1.54) is 12.4 Å². The fraction of sp³-hybridized carbons (Fsp3) is 0.385. The van der Waals surface area contributed by atoms with Gasteiger partial charge in [-0.25, -0.2) is 4.98 Å². The Bertz CT molecular complexity index is 626. The third-order valence-corrected chi connectivity index (χ3v) is 3.17. The predicted molar refractivity (Wildman–Crippen MR) is 74.7 cm³/mol. The zero-order valence-electron chi connectivity index (χ0n) is 12.0. The van der Waals surface area contributed by atoms with Gasteiger partial charge in [-0.1, -0.05) is 0 Å². The van der Waals surface area contributed by atoms with E-state index in [1.807, 2.05) is 27.8 Å². The lowest BCUT2D eigenvalue weighted by molar-refractivity contribution is -0.117. The quantitative estimate of drug-likeness (QED) is 0.815. The third kappa shape index (κ3) is 2.93. The molecule has 0 saturated heterocycles. The molecule has 2 rings (SSSR count). The number of H-pyrrole nitrogens is 1. The average Bonchev–Trinajstić information content (AvgIpc) is 2.98. The molecule has 0 bridgehead atoms. The van der Waals surface area contributed by atoms with Gasteiger partial charge < -0.3 is 5.32 Å². The minimum atomic E-state index is -0.217. The molecule has 2 aromatic heterocycles. The summed E-state index contributed by atoms with van der Waals surface area (Å²) in [6.07, 6.45) is 4.69. The Kier molecular flexibility index (Phi) is 3.97. The largest absolute Gasteiger partial charge is 0.343 e. The van der Waals surface area contributed by atoms with Crippen LogP contribution in [0.25, 0.3) is 6.08 Å². The second kappa shape index (κ2) is 5.68. The molecule has 1 amide bonds. The molecule has 2 heterocycles. The Morgan fingerprint density at radius 2 is 2.25 bits per heavy atom. The lowest BCUT2D eigenvalue weighted by atomic mass is 10.2. The van der Waals surface area contributed by atoms with Crippen molar-refractivity contribution >= 4 is 12.0 Å². The van der Waals surface area contributed by atoms with Gasteiger partial charge in [-0.2, -0.15) is 10.2 Å². The Morgan fingerprint density at radius 3 is 2.80 bits per heavy atom. The Morgan fingerprint density at radius 1 is 1.50 bits per heavy atom. The topological polar surface area (TPSA) is 88.5 Å². The van der Waals surface area contributed by atoms with E-state index < -0.39 is 0 Å². The molecule has 7 nitrogen and oxygen atoms in total. The second-order valence-corrected chi connectivity index (χ2v) is 4.64. The molecule has 0 saturated carbocycles. The summed E-state index contributed by atoms with van der Waals surface area (Å²) >= 11 is 0. The van der Waals surface area contributed by atoms with Crippen molar-refractivity contribution in [3.8, 4) is 0 Å². The van der Waals surface area contributed by atoms with E-state index >= 15 is 0 Å². The number of aromatic amines is 1. The summed E-state index contributed by atoms with van der Waals surface area (Å²) in [6.45, 7) is 5.73. The Labute approximate surface area is 117 Å². The molecule has 0 aromatic carbocycles. The van der Waals surface area contributed by atoms with Gasteiger partial charge >= 0.3 is 0 Å².